The van der Waals surface area contributed by atoms with E-state index < -0.39 is 46.8 Å². The lowest BCUT2D eigenvalue weighted by Gasteiger charge is -2.18. The van der Waals surface area contributed by atoms with Crippen LogP contribution in [-0.4, -0.2) is 26.4 Å². The van der Waals surface area contributed by atoms with E-state index >= 15 is 0 Å². The second-order valence-corrected chi connectivity index (χ2v) is 8.68. The first-order valence-corrected chi connectivity index (χ1v) is 11.4. The molecule has 0 saturated carbocycles. The number of hydrogen-bond acceptors (Lipinski definition) is 3. The Balaban J connectivity index is 1.62. The van der Waals surface area contributed by atoms with Crippen LogP contribution < -0.4 is 0 Å². The monoisotopic (exact) mass is 534 g/mol. The second kappa shape index (κ2) is 10.3. The summed E-state index contributed by atoms with van der Waals surface area (Å²) in [6.07, 6.45) is -9.24. The second-order valence-electron chi connectivity index (χ2n) is 8.68. The molecule has 0 aliphatic heterocycles. The molecular weight excluding hydrogens is 514 g/mol. The minimum Gasteiger partial charge on any atom is -0.481 e. The number of nitrogens with zero attached hydrogens (tertiary/aromatic N) is 2. The number of aliphatic carboxylic acids is 1. The lowest BCUT2D eigenvalue weighted by molar-refractivity contribution is -0.143. The highest BCUT2D eigenvalue weighted by Crippen LogP contribution is 2.38. The van der Waals surface area contributed by atoms with Crippen LogP contribution >= 0.6 is 0 Å². The number of halogens is 6. The molecule has 5 nitrogen and oxygen atoms in total. The van der Waals surface area contributed by atoms with Gasteiger partial charge in [-0.25, -0.2) is 4.98 Å². The normalized spacial score (nSPS) is 13.0. The smallest absolute Gasteiger partial charge is 0.417 e. The first-order valence-electron chi connectivity index (χ1n) is 11.4. The first kappa shape index (κ1) is 26.9. The van der Waals surface area contributed by atoms with Crippen LogP contribution in [0.3, 0.4) is 0 Å². The molecule has 0 amide bonds. The van der Waals surface area contributed by atoms with E-state index in [1.165, 1.54) is 6.33 Å². The van der Waals surface area contributed by atoms with Gasteiger partial charge in [0.2, 0.25) is 0 Å². The number of carbonyl (C=O) groups excluding carboxylic acids is 1. The zero-order valence-corrected chi connectivity index (χ0v) is 19.6. The van der Waals surface area contributed by atoms with E-state index in [1.807, 2.05) is 0 Å². The largest absolute Gasteiger partial charge is 0.481 e. The van der Waals surface area contributed by atoms with Crippen LogP contribution in [0.2, 0.25) is 0 Å². The number of fused-ring (bicyclic) bond motifs is 1. The number of aryl methyl sites for hydroxylation is 1. The number of hydrogen-bond donors (Lipinski definition) is 1. The number of carboxylic acids is 1. The molecule has 0 radical (unpaired) electrons. The number of alkyl halides is 6. The van der Waals surface area contributed by atoms with Gasteiger partial charge in [0.25, 0.3) is 0 Å². The summed E-state index contributed by atoms with van der Waals surface area (Å²) in [4.78, 5) is 28.5. The molecule has 1 heterocycles. The van der Waals surface area contributed by atoms with Crippen LogP contribution in [0, 0.1) is 0 Å². The van der Waals surface area contributed by atoms with Gasteiger partial charge in [0.15, 0.2) is 5.78 Å². The molecule has 0 saturated heterocycles. The highest BCUT2D eigenvalue weighted by molar-refractivity contribution is 5.98. The fourth-order valence-corrected chi connectivity index (χ4v) is 4.28. The van der Waals surface area contributed by atoms with Crippen molar-refractivity contribution in [2.24, 2.45) is 0 Å². The first-order chi connectivity index (χ1) is 17.8. The molecule has 4 aromatic rings. The van der Waals surface area contributed by atoms with Crippen LogP contribution in [0.15, 0.2) is 73.1 Å². The number of imidazole rings is 1. The Morgan fingerprint density at radius 3 is 2.24 bits per heavy atom. The van der Waals surface area contributed by atoms with E-state index in [9.17, 15) is 41.0 Å². The maximum Gasteiger partial charge on any atom is 0.417 e. The Morgan fingerprint density at radius 1 is 0.895 bits per heavy atom. The average Bonchev–Trinajstić information content (AvgIpc) is 3.28. The van der Waals surface area contributed by atoms with Gasteiger partial charge in [-0.15, -0.1) is 0 Å². The van der Waals surface area contributed by atoms with Crippen molar-refractivity contribution >= 4 is 22.8 Å². The molecule has 198 valence electrons. The van der Waals surface area contributed by atoms with E-state index in [0.717, 1.165) is 5.56 Å². The van der Waals surface area contributed by atoms with Crippen molar-refractivity contribution in [2.45, 2.75) is 37.7 Å². The zero-order valence-electron chi connectivity index (χ0n) is 19.6. The zero-order chi connectivity index (χ0) is 27.7. The number of rotatable bonds is 8. The number of carboxylic acid groups (broad SMARTS) is 1. The van der Waals surface area contributed by atoms with Gasteiger partial charge in [-0.05, 0) is 41.8 Å². The maximum absolute atomic E-state index is 13.5. The average molecular weight is 534 g/mol. The van der Waals surface area contributed by atoms with Crippen LogP contribution in [0.4, 0.5) is 26.3 Å². The fourth-order valence-electron chi connectivity index (χ4n) is 4.28. The third-order valence-corrected chi connectivity index (χ3v) is 6.12. The van der Waals surface area contributed by atoms with Crippen molar-refractivity contribution in [3.63, 3.8) is 0 Å². The molecule has 0 aliphatic rings. The molecule has 3 aromatic carbocycles. The Labute approximate surface area is 212 Å². The number of Topliss-reactive ketones (excluding diaryl/α,β-unsaturated/α-hetero) is 1. The molecule has 0 spiro atoms. The van der Waals surface area contributed by atoms with Crippen LogP contribution in [0.1, 0.15) is 51.5 Å². The summed E-state index contributed by atoms with van der Waals surface area (Å²) in [7, 11) is 0. The number of carbonyl (C=O) groups is 2. The van der Waals surface area contributed by atoms with Gasteiger partial charge in [0.05, 0.1) is 41.0 Å². The fraction of sp³-hybridized carbons (Fsp3) is 0.222. The molecule has 0 fully saturated rings. The summed E-state index contributed by atoms with van der Waals surface area (Å²) in [6, 6.07) is 14.2. The molecule has 1 aromatic heterocycles. The van der Waals surface area contributed by atoms with Gasteiger partial charge in [-0.2, -0.15) is 26.3 Å². The number of benzene rings is 3. The highest BCUT2D eigenvalue weighted by Gasteiger charge is 2.39. The number of ketones is 1. The lowest BCUT2D eigenvalue weighted by atomic mass is 9.96. The van der Waals surface area contributed by atoms with Crippen molar-refractivity contribution < 1.29 is 41.0 Å². The third kappa shape index (κ3) is 5.87. The molecule has 1 atom stereocenters. The highest BCUT2D eigenvalue weighted by atomic mass is 19.4. The van der Waals surface area contributed by atoms with Crippen LogP contribution in [0.5, 0.6) is 0 Å². The predicted molar refractivity (Wildman–Crippen MR) is 126 cm³/mol. The lowest BCUT2D eigenvalue weighted by Crippen LogP contribution is -2.16. The van der Waals surface area contributed by atoms with Crippen LogP contribution in [0.25, 0.3) is 11.0 Å². The standard InChI is InChI=1S/C27H20F6N2O3/c28-26(29,30)18-8-9-19(20(13-18)27(31,32)33)24(36)11-7-16-6-10-21-23(12-16)35(15-34-21)22(14-25(37)38)17-4-2-1-3-5-17/h1-6,8-10,12-13,15,22H,7,11,14H2,(H,37,38). The van der Waals surface area contributed by atoms with E-state index in [1.54, 1.807) is 53.1 Å². The van der Waals surface area contributed by atoms with E-state index in [-0.39, 0.29) is 25.3 Å². The van der Waals surface area contributed by atoms with Crippen molar-refractivity contribution in [3.05, 3.63) is 101 Å². The Bertz CT molecular complexity index is 1480. The summed E-state index contributed by atoms with van der Waals surface area (Å²) in [5, 5.41) is 9.45. The molecule has 1 N–H and O–H groups in total. The van der Waals surface area contributed by atoms with Gasteiger partial charge < -0.3 is 9.67 Å². The molecule has 0 bridgehead atoms. The van der Waals surface area contributed by atoms with Gasteiger partial charge in [0.1, 0.15) is 0 Å². The van der Waals surface area contributed by atoms with Crippen molar-refractivity contribution in [1.82, 2.24) is 9.55 Å². The Kier molecular flexibility index (Phi) is 7.30. The van der Waals surface area contributed by atoms with Gasteiger partial charge >= 0.3 is 18.3 Å². The molecular formula is C27H20F6N2O3. The quantitative estimate of drug-likeness (QED) is 0.196. The SMILES string of the molecule is O=C(O)CC(c1ccccc1)n1cnc2ccc(CCC(=O)c3ccc(C(F)(F)F)cc3C(F)(F)F)cc21. The van der Waals surface area contributed by atoms with E-state index in [4.69, 9.17) is 0 Å². The minimum absolute atomic E-state index is 0.00715. The van der Waals surface area contributed by atoms with Gasteiger partial charge in [-0.1, -0.05) is 42.5 Å². The van der Waals surface area contributed by atoms with Gasteiger partial charge in [-0.3, -0.25) is 9.59 Å². The molecule has 38 heavy (non-hydrogen) atoms. The molecule has 1 unspecified atom stereocenters. The Hall–Kier alpha value is -4.15. The van der Waals surface area contributed by atoms with Gasteiger partial charge in [0, 0.05) is 12.0 Å². The third-order valence-electron chi connectivity index (χ3n) is 6.12. The summed E-state index contributed by atoms with van der Waals surface area (Å²) in [5.41, 5.74) is -1.54. The topological polar surface area (TPSA) is 72.2 Å². The maximum atomic E-state index is 13.5. The van der Waals surface area contributed by atoms with Crippen molar-refractivity contribution in [3.8, 4) is 0 Å². The summed E-state index contributed by atoms with van der Waals surface area (Å²) in [6.45, 7) is 0. The van der Waals surface area contributed by atoms with Crippen molar-refractivity contribution in [2.75, 3.05) is 0 Å². The summed E-state index contributed by atoms with van der Waals surface area (Å²) < 4.78 is 80.9. The predicted octanol–water partition coefficient (Wildman–Crippen LogP) is 6.95. The van der Waals surface area contributed by atoms with Crippen molar-refractivity contribution in [1.29, 1.82) is 0 Å². The van der Waals surface area contributed by atoms with E-state index in [0.29, 0.717) is 28.7 Å². The summed E-state index contributed by atoms with van der Waals surface area (Å²) in [5.74, 6) is -1.98. The minimum atomic E-state index is -5.14. The molecule has 11 heteroatoms. The molecule has 0 aliphatic carbocycles. The summed E-state index contributed by atoms with van der Waals surface area (Å²) >= 11 is 0. The van der Waals surface area contributed by atoms with E-state index in [2.05, 4.69) is 4.98 Å². The number of aromatic nitrogens is 2. The van der Waals surface area contributed by atoms with Crippen LogP contribution in [-0.2, 0) is 23.6 Å². The Morgan fingerprint density at radius 2 is 1.61 bits per heavy atom. The molecule has 4 rings (SSSR count).